The molecule has 6 nitrogen and oxygen atoms in total. The van der Waals surface area contributed by atoms with E-state index in [2.05, 4.69) is 5.32 Å². The quantitative estimate of drug-likeness (QED) is 0.714. The van der Waals surface area contributed by atoms with Gasteiger partial charge < -0.3 is 10.1 Å². The minimum Gasteiger partial charge on any atom is -0.497 e. The van der Waals surface area contributed by atoms with Gasteiger partial charge in [0.15, 0.2) is 0 Å². The molecule has 0 aliphatic heterocycles. The number of nitrogens with one attached hydrogen (secondary N) is 1. The van der Waals surface area contributed by atoms with Gasteiger partial charge in [-0.3, -0.25) is 9.10 Å². The second kappa shape index (κ2) is 8.82. The fourth-order valence-electron chi connectivity index (χ4n) is 2.66. The van der Waals surface area contributed by atoms with Crippen LogP contribution in [0.25, 0.3) is 0 Å². The summed E-state index contributed by atoms with van der Waals surface area (Å²) in [6.07, 6.45) is 1.31. The van der Waals surface area contributed by atoms with Gasteiger partial charge in [0.2, 0.25) is 15.9 Å². The normalized spacial score (nSPS) is 12.3. The predicted octanol–water partition coefficient (Wildman–Crippen LogP) is 4.19. The molecule has 0 aliphatic rings. The lowest BCUT2D eigenvalue weighted by atomic mass is 10.1. The summed E-state index contributed by atoms with van der Waals surface area (Å²) in [4.78, 5) is 12.8. The van der Waals surface area contributed by atoms with Crippen LogP contribution in [0.5, 0.6) is 5.75 Å². The number of methoxy groups -OCH3 is 1. The van der Waals surface area contributed by atoms with E-state index in [0.717, 1.165) is 10.6 Å². The van der Waals surface area contributed by atoms with Gasteiger partial charge in [0.1, 0.15) is 11.8 Å². The van der Waals surface area contributed by atoms with Gasteiger partial charge in [-0.2, -0.15) is 0 Å². The summed E-state index contributed by atoms with van der Waals surface area (Å²) in [5, 5.41) is 3.40. The van der Waals surface area contributed by atoms with Crippen LogP contribution >= 0.6 is 23.2 Å². The van der Waals surface area contributed by atoms with Crippen molar-refractivity contribution in [2.24, 2.45) is 0 Å². The first-order valence-corrected chi connectivity index (χ1v) is 10.7. The highest BCUT2D eigenvalue weighted by molar-refractivity contribution is 7.92. The minimum atomic E-state index is -3.74. The lowest BCUT2D eigenvalue weighted by Crippen LogP contribution is -2.47. The predicted molar refractivity (Wildman–Crippen MR) is 109 cm³/mol. The molecule has 1 N–H and O–H groups in total. The number of carbonyl (C=O) groups excluding carboxylic acids is 1. The molecule has 0 saturated heterocycles. The Balaban J connectivity index is 2.41. The molecule has 2 aromatic carbocycles. The van der Waals surface area contributed by atoms with Gasteiger partial charge in [0, 0.05) is 21.8 Å². The zero-order valence-electron chi connectivity index (χ0n) is 15.1. The number of benzene rings is 2. The highest BCUT2D eigenvalue weighted by atomic mass is 35.5. The molecule has 0 radical (unpaired) electrons. The van der Waals surface area contributed by atoms with Crippen LogP contribution in [-0.2, 0) is 14.8 Å². The average molecular weight is 431 g/mol. The molecule has 9 heteroatoms. The van der Waals surface area contributed by atoms with Crippen LogP contribution < -0.4 is 14.4 Å². The molecule has 146 valence electrons. The Morgan fingerprint density at radius 3 is 2.33 bits per heavy atom. The number of hydrogen-bond acceptors (Lipinski definition) is 4. The molecule has 2 rings (SSSR count). The van der Waals surface area contributed by atoms with Crippen molar-refractivity contribution in [2.45, 2.75) is 19.4 Å². The third-order valence-electron chi connectivity index (χ3n) is 3.77. The molecule has 2 aromatic rings. The maximum Gasteiger partial charge on any atom is 0.248 e. The van der Waals surface area contributed by atoms with Crippen molar-refractivity contribution in [1.82, 2.24) is 0 Å². The van der Waals surface area contributed by atoms with E-state index in [1.54, 1.807) is 31.2 Å². The number of hydrogen-bond donors (Lipinski definition) is 1. The molecule has 0 heterocycles. The van der Waals surface area contributed by atoms with Crippen molar-refractivity contribution < 1.29 is 17.9 Å². The Kier molecular flexibility index (Phi) is 6.97. The molecule has 27 heavy (non-hydrogen) atoms. The number of halogens is 2. The van der Waals surface area contributed by atoms with Crippen molar-refractivity contribution in [3.8, 4) is 5.75 Å². The second-order valence-corrected chi connectivity index (χ2v) is 8.56. The number of anilines is 2. The number of sulfonamides is 1. The molecule has 0 spiro atoms. The van der Waals surface area contributed by atoms with Crippen LogP contribution in [0.3, 0.4) is 0 Å². The maximum atomic E-state index is 12.8. The van der Waals surface area contributed by atoms with Crippen LogP contribution in [0.4, 0.5) is 11.4 Å². The van der Waals surface area contributed by atoms with Crippen LogP contribution in [0, 0.1) is 0 Å². The Morgan fingerprint density at radius 1 is 1.19 bits per heavy atom. The van der Waals surface area contributed by atoms with Crippen molar-refractivity contribution in [1.29, 1.82) is 0 Å². The van der Waals surface area contributed by atoms with Crippen LogP contribution in [0.2, 0.25) is 10.0 Å². The SMILES string of the molecule is CC[C@@H](C(=O)Nc1cc(Cl)cc(Cl)c1)N(c1cccc(OC)c1)S(C)(=O)=O. The molecule has 0 saturated carbocycles. The van der Waals surface area contributed by atoms with Gasteiger partial charge in [0.25, 0.3) is 0 Å². The standard InChI is InChI=1S/C18H20Cl2N2O4S/c1-4-17(18(23)21-14-9-12(19)8-13(20)10-14)22(27(3,24)25)15-6-5-7-16(11-15)26-2/h5-11,17H,4H2,1-3H3,(H,21,23)/t17-/m0/s1. The van der Waals surface area contributed by atoms with Gasteiger partial charge in [-0.15, -0.1) is 0 Å². The van der Waals surface area contributed by atoms with E-state index in [-0.39, 0.29) is 6.42 Å². The van der Waals surface area contributed by atoms with E-state index in [9.17, 15) is 13.2 Å². The number of amides is 1. The summed E-state index contributed by atoms with van der Waals surface area (Å²) in [6, 6.07) is 10.2. The number of rotatable bonds is 7. The van der Waals surface area contributed by atoms with E-state index in [0.29, 0.717) is 27.2 Å². The first-order valence-electron chi connectivity index (χ1n) is 8.06. The van der Waals surface area contributed by atoms with Crippen LogP contribution in [0.15, 0.2) is 42.5 Å². The Bertz CT molecular complexity index is 914. The van der Waals surface area contributed by atoms with Gasteiger partial charge in [-0.1, -0.05) is 36.2 Å². The molecule has 0 unspecified atom stereocenters. The summed E-state index contributed by atoms with van der Waals surface area (Å²) in [6.45, 7) is 1.73. The highest BCUT2D eigenvalue weighted by Gasteiger charge is 2.31. The third-order valence-corrected chi connectivity index (χ3v) is 5.38. The van der Waals surface area contributed by atoms with E-state index < -0.39 is 22.0 Å². The summed E-state index contributed by atoms with van der Waals surface area (Å²) >= 11 is 11.9. The largest absolute Gasteiger partial charge is 0.497 e. The van der Waals surface area contributed by atoms with Gasteiger partial charge >= 0.3 is 0 Å². The fourth-order valence-corrected chi connectivity index (χ4v) is 4.39. The lowest BCUT2D eigenvalue weighted by molar-refractivity contribution is -0.117. The van der Waals surface area contributed by atoms with E-state index in [1.807, 2.05) is 0 Å². The maximum absolute atomic E-state index is 12.8. The Labute approximate surface area is 169 Å². The molecule has 0 bridgehead atoms. The molecule has 0 fully saturated rings. The topological polar surface area (TPSA) is 75.7 Å². The summed E-state index contributed by atoms with van der Waals surface area (Å²) in [7, 11) is -2.26. The zero-order valence-corrected chi connectivity index (χ0v) is 17.4. The molecule has 0 aromatic heterocycles. The first-order chi connectivity index (χ1) is 12.7. The third kappa shape index (κ3) is 5.51. The van der Waals surface area contributed by atoms with E-state index >= 15 is 0 Å². The number of ether oxygens (including phenoxy) is 1. The Hall–Kier alpha value is -1.96. The molecule has 1 atom stereocenters. The lowest BCUT2D eigenvalue weighted by Gasteiger charge is -2.30. The summed E-state index contributed by atoms with van der Waals surface area (Å²) in [5.41, 5.74) is 0.720. The molecular weight excluding hydrogens is 411 g/mol. The van der Waals surface area contributed by atoms with Gasteiger partial charge in [-0.05, 0) is 36.8 Å². The van der Waals surface area contributed by atoms with Crippen molar-refractivity contribution in [2.75, 3.05) is 23.0 Å². The molecule has 0 aliphatic carbocycles. The number of carbonyl (C=O) groups is 1. The average Bonchev–Trinajstić information content (AvgIpc) is 2.57. The van der Waals surface area contributed by atoms with Gasteiger partial charge in [-0.25, -0.2) is 8.42 Å². The second-order valence-electron chi connectivity index (χ2n) is 5.83. The van der Waals surface area contributed by atoms with Crippen molar-refractivity contribution in [3.05, 3.63) is 52.5 Å². The van der Waals surface area contributed by atoms with Gasteiger partial charge in [0.05, 0.1) is 19.1 Å². The smallest absolute Gasteiger partial charge is 0.248 e. The Morgan fingerprint density at radius 2 is 1.81 bits per heavy atom. The first kappa shape index (κ1) is 21.3. The molecular formula is C18H20Cl2N2O4S. The van der Waals surface area contributed by atoms with E-state index in [1.165, 1.54) is 25.3 Å². The highest BCUT2D eigenvalue weighted by Crippen LogP contribution is 2.28. The van der Waals surface area contributed by atoms with Crippen molar-refractivity contribution in [3.63, 3.8) is 0 Å². The fraction of sp³-hybridized carbons (Fsp3) is 0.278. The van der Waals surface area contributed by atoms with Crippen LogP contribution in [-0.4, -0.2) is 33.7 Å². The number of nitrogens with zero attached hydrogens (tertiary/aromatic N) is 1. The van der Waals surface area contributed by atoms with Crippen LogP contribution in [0.1, 0.15) is 13.3 Å². The van der Waals surface area contributed by atoms with E-state index in [4.69, 9.17) is 27.9 Å². The summed E-state index contributed by atoms with van der Waals surface area (Å²) < 4.78 is 31.2. The monoisotopic (exact) mass is 430 g/mol. The zero-order chi connectivity index (χ0) is 20.2. The summed E-state index contributed by atoms with van der Waals surface area (Å²) in [5.74, 6) is -0.0119. The van der Waals surface area contributed by atoms with Crippen molar-refractivity contribution >= 4 is 50.5 Å². The minimum absolute atomic E-state index is 0.254. The molecule has 1 amide bonds.